The number of benzene rings is 1. The number of esters is 1. The molecule has 3 aliphatic rings. The largest absolute Gasteiger partial charge is 0.487 e. The highest BCUT2D eigenvalue weighted by Gasteiger charge is 2.54. The van der Waals surface area contributed by atoms with E-state index in [0.29, 0.717) is 17.4 Å². The maximum absolute atomic E-state index is 12.1. The Morgan fingerprint density at radius 2 is 2.20 bits per heavy atom. The van der Waals surface area contributed by atoms with Gasteiger partial charge in [-0.15, -0.1) is 0 Å². The number of ether oxygens (including phenoxy) is 3. The molecule has 3 heterocycles. The molecule has 2 fully saturated rings. The summed E-state index contributed by atoms with van der Waals surface area (Å²) in [6.07, 6.45) is 7.07. The molecule has 0 amide bonds. The first-order valence-corrected chi connectivity index (χ1v) is 11.7. The smallest absolute Gasteiger partial charge is 0.337 e. The van der Waals surface area contributed by atoms with Crippen molar-refractivity contribution in [2.45, 2.75) is 71.0 Å². The van der Waals surface area contributed by atoms with E-state index < -0.39 is 0 Å². The monoisotopic (exact) mass is 416 g/mol. The minimum Gasteiger partial charge on any atom is -0.487 e. The zero-order valence-electron chi connectivity index (χ0n) is 19.0. The Kier molecular flexibility index (Phi) is 6.13. The van der Waals surface area contributed by atoms with E-state index in [0.717, 1.165) is 43.7 Å². The third-order valence-electron chi connectivity index (χ3n) is 7.60. The highest BCUT2D eigenvalue weighted by atomic mass is 16.5. The van der Waals surface area contributed by atoms with Crippen molar-refractivity contribution in [1.82, 2.24) is 0 Å². The van der Waals surface area contributed by atoms with Crippen molar-refractivity contribution in [2.24, 2.45) is 17.3 Å². The Morgan fingerprint density at radius 3 is 2.90 bits per heavy atom. The van der Waals surface area contributed by atoms with E-state index in [2.05, 4.69) is 26.1 Å². The van der Waals surface area contributed by atoms with Crippen LogP contribution in [-0.2, 0) is 9.47 Å². The first-order chi connectivity index (χ1) is 14.4. The number of carbonyl (C=O) groups is 1. The number of carbonyl (C=O) groups excluding carboxylic acids is 1. The zero-order chi connectivity index (χ0) is 21.4. The molecule has 1 spiro atoms. The molecule has 0 radical (unpaired) electrons. The van der Waals surface area contributed by atoms with Gasteiger partial charge in [0.05, 0.1) is 38.5 Å². The SMILES string of the molecule is COC(=O)c1ccc2c(c1)O[C@](C)(CCCC(C)C)[C@@H]1CC3(CCC[NH2+]C3)CO[C@@H]21. The summed E-state index contributed by atoms with van der Waals surface area (Å²) in [4.78, 5) is 12.1. The van der Waals surface area contributed by atoms with Crippen LogP contribution in [0.15, 0.2) is 18.2 Å². The van der Waals surface area contributed by atoms with E-state index in [4.69, 9.17) is 14.2 Å². The average molecular weight is 417 g/mol. The number of methoxy groups -OCH3 is 1. The van der Waals surface area contributed by atoms with Gasteiger partial charge in [-0.1, -0.05) is 26.3 Å². The van der Waals surface area contributed by atoms with Gasteiger partial charge in [-0.2, -0.15) is 0 Å². The van der Waals surface area contributed by atoms with Crippen LogP contribution in [0.2, 0.25) is 0 Å². The minimum absolute atomic E-state index is 0.0389. The van der Waals surface area contributed by atoms with Crippen molar-refractivity contribution in [2.75, 3.05) is 26.8 Å². The molecule has 166 valence electrons. The average Bonchev–Trinajstić information content (AvgIpc) is 2.73. The molecule has 0 aliphatic carbocycles. The molecule has 0 bridgehead atoms. The summed E-state index contributed by atoms with van der Waals surface area (Å²) in [5.41, 5.74) is 1.61. The standard InChI is InChI=1S/C25H37NO4/c1-17(2)7-5-10-24(3)20-14-25(11-6-12-26-15-25)16-29-22(20)19-9-8-18(23(27)28-4)13-21(19)30-24/h8-9,13,17,20,22,26H,5-7,10-12,14-16H2,1-4H3/p+1/t20-,22+,24-,25?/m1/s1. The number of fused-ring (bicyclic) bond motifs is 3. The number of nitrogens with two attached hydrogens (primary N) is 1. The highest BCUT2D eigenvalue weighted by molar-refractivity contribution is 5.90. The molecule has 4 atom stereocenters. The van der Waals surface area contributed by atoms with Crippen LogP contribution in [-0.4, -0.2) is 38.4 Å². The van der Waals surface area contributed by atoms with Crippen LogP contribution >= 0.6 is 0 Å². The van der Waals surface area contributed by atoms with Gasteiger partial charge in [0.1, 0.15) is 11.4 Å². The summed E-state index contributed by atoms with van der Waals surface area (Å²) in [5.74, 6) is 1.48. The van der Waals surface area contributed by atoms with Gasteiger partial charge in [0, 0.05) is 16.9 Å². The third kappa shape index (κ3) is 4.11. The second kappa shape index (κ2) is 8.51. The highest BCUT2D eigenvalue weighted by Crippen LogP contribution is 2.55. The topological polar surface area (TPSA) is 61.4 Å². The summed E-state index contributed by atoms with van der Waals surface area (Å²) in [6, 6.07) is 5.70. The fourth-order valence-electron chi connectivity index (χ4n) is 5.83. The van der Waals surface area contributed by atoms with E-state index in [1.165, 1.54) is 32.9 Å². The summed E-state index contributed by atoms with van der Waals surface area (Å²) >= 11 is 0. The normalized spacial score (nSPS) is 33.0. The molecule has 4 rings (SSSR count). The molecule has 5 nitrogen and oxygen atoms in total. The second-order valence-electron chi connectivity index (χ2n) is 10.4. The van der Waals surface area contributed by atoms with Crippen molar-refractivity contribution < 1.29 is 24.3 Å². The van der Waals surface area contributed by atoms with E-state index in [1.54, 1.807) is 0 Å². The van der Waals surface area contributed by atoms with E-state index in [1.807, 2.05) is 18.2 Å². The van der Waals surface area contributed by atoms with Crippen molar-refractivity contribution in [3.8, 4) is 5.75 Å². The Labute approximate surface area is 180 Å². The molecule has 1 aromatic carbocycles. The van der Waals surface area contributed by atoms with Gasteiger partial charge in [0.15, 0.2) is 0 Å². The molecular formula is C25H38NO4+. The Bertz CT molecular complexity index is 770. The van der Waals surface area contributed by atoms with Gasteiger partial charge in [0.25, 0.3) is 0 Å². The lowest BCUT2D eigenvalue weighted by atomic mass is 9.64. The minimum atomic E-state index is -0.328. The summed E-state index contributed by atoms with van der Waals surface area (Å²) in [5, 5.41) is 2.46. The van der Waals surface area contributed by atoms with E-state index >= 15 is 0 Å². The first kappa shape index (κ1) is 21.6. The molecule has 1 unspecified atom stereocenters. The molecule has 0 saturated carbocycles. The van der Waals surface area contributed by atoms with Gasteiger partial charge in [-0.3, -0.25) is 0 Å². The fraction of sp³-hybridized carbons (Fsp3) is 0.720. The number of rotatable bonds is 5. The van der Waals surface area contributed by atoms with Gasteiger partial charge in [-0.25, -0.2) is 4.79 Å². The number of piperidine rings is 1. The van der Waals surface area contributed by atoms with Crippen molar-refractivity contribution in [3.05, 3.63) is 29.3 Å². The van der Waals surface area contributed by atoms with Gasteiger partial charge >= 0.3 is 5.97 Å². The number of hydrogen-bond acceptors (Lipinski definition) is 4. The molecular weight excluding hydrogens is 378 g/mol. The van der Waals surface area contributed by atoms with Crippen molar-refractivity contribution >= 4 is 5.97 Å². The van der Waals surface area contributed by atoms with Crippen LogP contribution in [0.1, 0.15) is 81.3 Å². The van der Waals surface area contributed by atoms with Gasteiger partial charge < -0.3 is 19.5 Å². The molecule has 1 aromatic rings. The third-order valence-corrected chi connectivity index (χ3v) is 7.60. The van der Waals surface area contributed by atoms with E-state index in [-0.39, 0.29) is 23.1 Å². The fourth-order valence-corrected chi connectivity index (χ4v) is 5.83. The molecule has 2 N–H and O–H groups in total. The van der Waals surface area contributed by atoms with E-state index in [9.17, 15) is 4.79 Å². The maximum Gasteiger partial charge on any atom is 0.337 e. The molecule has 2 saturated heterocycles. The zero-order valence-corrected chi connectivity index (χ0v) is 19.0. The lowest BCUT2D eigenvalue weighted by Gasteiger charge is -2.54. The Hall–Kier alpha value is -1.59. The molecule has 0 aromatic heterocycles. The maximum atomic E-state index is 12.1. The lowest BCUT2D eigenvalue weighted by molar-refractivity contribution is -0.678. The second-order valence-corrected chi connectivity index (χ2v) is 10.4. The molecule has 5 heteroatoms. The van der Waals surface area contributed by atoms with Crippen LogP contribution in [0, 0.1) is 17.3 Å². The van der Waals surface area contributed by atoms with Crippen LogP contribution in [0.4, 0.5) is 0 Å². The summed E-state index contributed by atoms with van der Waals surface area (Å²) in [7, 11) is 1.42. The number of quaternary nitrogens is 1. The Balaban J connectivity index is 1.66. The molecule has 3 aliphatic heterocycles. The van der Waals surface area contributed by atoms with Crippen LogP contribution < -0.4 is 10.1 Å². The quantitative estimate of drug-likeness (QED) is 0.740. The van der Waals surface area contributed by atoms with Crippen LogP contribution in [0.25, 0.3) is 0 Å². The molecule has 30 heavy (non-hydrogen) atoms. The van der Waals surface area contributed by atoms with Gasteiger partial charge in [-0.05, 0) is 57.1 Å². The summed E-state index contributed by atoms with van der Waals surface area (Å²) in [6.45, 7) is 10.0. The first-order valence-electron chi connectivity index (χ1n) is 11.7. The predicted molar refractivity (Wildman–Crippen MR) is 116 cm³/mol. The predicted octanol–water partition coefficient (Wildman–Crippen LogP) is 3.87. The lowest BCUT2D eigenvalue weighted by Crippen LogP contribution is -2.89. The number of hydrogen-bond donors (Lipinski definition) is 1. The van der Waals surface area contributed by atoms with Crippen molar-refractivity contribution in [1.29, 1.82) is 0 Å². The van der Waals surface area contributed by atoms with Crippen molar-refractivity contribution in [3.63, 3.8) is 0 Å². The van der Waals surface area contributed by atoms with Gasteiger partial charge in [0.2, 0.25) is 0 Å². The van der Waals surface area contributed by atoms with Crippen LogP contribution in [0.3, 0.4) is 0 Å². The Morgan fingerprint density at radius 1 is 1.37 bits per heavy atom. The van der Waals surface area contributed by atoms with Crippen LogP contribution in [0.5, 0.6) is 5.75 Å². The summed E-state index contributed by atoms with van der Waals surface area (Å²) < 4.78 is 18.3.